The van der Waals surface area contributed by atoms with Crippen molar-refractivity contribution >= 4 is 0 Å². The fourth-order valence-corrected chi connectivity index (χ4v) is 3.98. The van der Waals surface area contributed by atoms with Gasteiger partial charge in [0.25, 0.3) is 0 Å². The van der Waals surface area contributed by atoms with Gasteiger partial charge in [-0.1, -0.05) is 56.2 Å². The lowest BCUT2D eigenvalue weighted by molar-refractivity contribution is 0.303. The second-order valence-electron chi connectivity index (χ2n) is 6.69. The second kappa shape index (κ2) is 7.25. The lowest BCUT2D eigenvalue weighted by Crippen LogP contribution is -2.15. The van der Waals surface area contributed by atoms with E-state index < -0.39 is 11.6 Å². The van der Waals surface area contributed by atoms with E-state index in [0.29, 0.717) is 5.56 Å². The molecule has 1 aliphatic rings. The third-order valence-electron chi connectivity index (χ3n) is 5.17. The van der Waals surface area contributed by atoms with Gasteiger partial charge in [-0.25, -0.2) is 8.78 Å². The van der Waals surface area contributed by atoms with Crippen LogP contribution in [-0.4, -0.2) is 0 Å². The summed E-state index contributed by atoms with van der Waals surface area (Å²) in [4.78, 5) is 0. The fraction of sp³-hybridized carbons (Fsp3) is 0.429. The summed E-state index contributed by atoms with van der Waals surface area (Å²) in [6.07, 6.45) is 6.64. The summed E-state index contributed by atoms with van der Waals surface area (Å²) in [5, 5.41) is 0. The quantitative estimate of drug-likeness (QED) is 0.588. The molecule has 122 valence electrons. The average molecular weight is 314 g/mol. The molecule has 2 aromatic rings. The van der Waals surface area contributed by atoms with E-state index in [-0.39, 0.29) is 5.92 Å². The van der Waals surface area contributed by atoms with Crippen molar-refractivity contribution in [2.45, 2.75) is 51.4 Å². The number of hydrogen-bond donors (Lipinski definition) is 0. The van der Waals surface area contributed by atoms with Gasteiger partial charge in [0.2, 0.25) is 0 Å². The van der Waals surface area contributed by atoms with Crippen molar-refractivity contribution in [1.29, 1.82) is 0 Å². The highest BCUT2D eigenvalue weighted by atomic mass is 19.2. The maximum atomic E-state index is 14.6. The Hall–Kier alpha value is -1.70. The van der Waals surface area contributed by atoms with Crippen LogP contribution in [0.4, 0.5) is 8.78 Å². The van der Waals surface area contributed by atoms with E-state index in [2.05, 4.69) is 6.92 Å². The average Bonchev–Trinajstić information content (AvgIpc) is 2.59. The van der Waals surface area contributed by atoms with Gasteiger partial charge in [0.1, 0.15) is 0 Å². The summed E-state index contributed by atoms with van der Waals surface area (Å²) >= 11 is 0. The molecule has 0 radical (unpaired) electrons. The summed E-state index contributed by atoms with van der Waals surface area (Å²) in [5.41, 5.74) is 2.41. The molecule has 2 heteroatoms. The van der Waals surface area contributed by atoms with Crippen LogP contribution >= 0.6 is 0 Å². The molecule has 23 heavy (non-hydrogen) atoms. The zero-order chi connectivity index (χ0) is 16.2. The summed E-state index contributed by atoms with van der Waals surface area (Å²) < 4.78 is 28.5. The van der Waals surface area contributed by atoms with Gasteiger partial charge in [-0.05, 0) is 54.7 Å². The Morgan fingerprint density at radius 2 is 1.61 bits per heavy atom. The van der Waals surface area contributed by atoms with Crippen LogP contribution in [0.3, 0.4) is 0 Å². The van der Waals surface area contributed by atoms with Crippen LogP contribution in [0.5, 0.6) is 0 Å². The smallest absolute Gasteiger partial charge is 0.162 e. The van der Waals surface area contributed by atoms with E-state index in [1.807, 2.05) is 30.3 Å². The van der Waals surface area contributed by atoms with Gasteiger partial charge in [0.05, 0.1) is 0 Å². The van der Waals surface area contributed by atoms with Gasteiger partial charge < -0.3 is 0 Å². The van der Waals surface area contributed by atoms with Crippen molar-refractivity contribution in [1.82, 2.24) is 0 Å². The predicted octanol–water partition coefficient (Wildman–Crippen LogP) is 6.71. The Morgan fingerprint density at radius 3 is 2.26 bits per heavy atom. The van der Waals surface area contributed by atoms with Gasteiger partial charge in [-0.15, -0.1) is 0 Å². The van der Waals surface area contributed by atoms with Crippen LogP contribution in [0.25, 0.3) is 11.1 Å². The van der Waals surface area contributed by atoms with E-state index in [1.165, 1.54) is 18.9 Å². The number of rotatable bonds is 4. The Labute approximate surface area is 137 Å². The first-order valence-corrected chi connectivity index (χ1v) is 8.74. The molecular weight excluding hydrogens is 290 g/mol. The SMILES string of the molecule is CCC[C@H]1CC[C@H](c2c(-c3ccccc3)ccc(F)c2F)CC1. The lowest BCUT2D eigenvalue weighted by atomic mass is 9.75. The lowest BCUT2D eigenvalue weighted by Gasteiger charge is -2.30. The van der Waals surface area contributed by atoms with E-state index in [1.54, 1.807) is 6.07 Å². The minimum absolute atomic E-state index is 0.133. The topological polar surface area (TPSA) is 0 Å². The van der Waals surface area contributed by atoms with Crippen molar-refractivity contribution in [2.24, 2.45) is 5.92 Å². The van der Waals surface area contributed by atoms with Crippen molar-refractivity contribution in [3.05, 3.63) is 59.7 Å². The van der Waals surface area contributed by atoms with Crippen LogP contribution in [0.2, 0.25) is 0 Å². The Balaban J connectivity index is 1.94. The molecule has 0 nitrogen and oxygen atoms in total. The van der Waals surface area contributed by atoms with Crippen molar-refractivity contribution in [3.8, 4) is 11.1 Å². The molecule has 3 rings (SSSR count). The second-order valence-corrected chi connectivity index (χ2v) is 6.69. The summed E-state index contributed by atoms with van der Waals surface area (Å²) in [5.74, 6) is -0.484. The molecule has 0 heterocycles. The third-order valence-corrected chi connectivity index (χ3v) is 5.17. The number of halogens is 2. The zero-order valence-corrected chi connectivity index (χ0v) is 13.7. The molecule has 1 aliphatic carbocycles. The molecule has 0 saturated heterocycles. The summed E-state index contributed by atoms with van der Waals surface area (Å²) in [6.45, 7) is 2.21. The van der Waals surface area contributed by atoms with Crippen LogP contribution in [0, 0.1) is 17.6 Å². The van der Waals surface area contributed by atoms with Gasteiger partial charge in [-0.3, -0.25) is 0 Å². The number of benzene rings is 2. The predicted molar refractivity (Wildman–Crippen MR) is 91.4 cm³/mol. The molecule has 0 aliphatic heterocycles. The molecule has 0 atom stereocenters. The molecular formula is C21H24F2. The molecule has 0 N–H and O–H groups in total. The van der Waals surface area contributed by atoms with E-state index >= 15 is 0 Å². The van der Waals surface area contributed by atoms with Crippen LogP contribution < -0.4 is 0 Å². The first kappa shape index (κ1) is 16.2. The monoisotopic (exact) mass is 314 g/mol. The van der Waals surface area contributed by atoms with Gasteiger partial charge in [-0.2, -0.15) is 0 Å². The zero-order valence-electron chi connectivity index (χ0n) is 13.7. The first-order valence-electron chi connectivity index (χ1n) is 8.74. The minimum atomic E-state index is -0.727. The van der Waals surface area contributed by atoms with E-state index in [9.17, 15) is 8.78 Å². The molecule has 0 amide bonds. The summed E-state index contributed by atoms with van der Waals surface area (Å²) in [7, 11) is 0. The maximum absolute atomic E-state index is 14.6. The highest BCUT2D eigenvalue weighted by Gasteiger charge is 2.27. The first-order chi connectivity index (χ1) is 11.2. The maximum Gasteiger partial charge on any atom is 0.162 e. The molecule has 0 spiro atoms. The highest BCUT2D eigenvalue weighted by molar-refractivity contribution is 5.68. The van der Waals surface area contributed by atoms with E-state index in [0.717, 1.165) is 42.7 Å². The third kappa shape index (κ3) is 3.46. The Bertz CT molecular complexity index is 640. The van der Waals surface area contributed by atoms with Gasteiger partial charge >= 0.3 is 0 Å². The molecule has 0 aromatic heterocycles. The summed E-state index contributed by atoms with van der Waals surface area (Å²) in [6, 6.07) is 12.8. The van der Waals surface area contributed by atoms with Crippen LogP contribution in [-0.2, 0) is 0 Å². The standard InChI is InChI=1S/C21H24F2/c1-2-6-15-9-11-17(12-10-15)20-18(13-14-19(22)21(20)23)16-7-4-3-5-8-16/h3-5,7-8,13-15,17H,2,6,9-12H2,1H3/t15-,17-. The van der Waals surface area contributed by atoms with E-state index in [4.69, 9.17) is 0 Å². The van der Waals surface area contributed by atoms with Gasteiger partial charge in [0.15, 0.2) is 11.6 Å². The highest BCUT2D eigenvalue weighted by Crippen LogP contribution is 2.42. The van der Waals surface area contributed by atoms with Crippen LogP contribution in [0.15, 0.2) is 42.5 Å². The normalized spacial score (nSPS) is 21.3. The molecule has 1 fully saturated rings. The molecule has 0 bridgehead atoms. The van der Waals surface area contributed by atoms with Crippen LogP contribution in [0.1, 0.15) is 56.9 Å². The van der Waals surface area contributed by atoms with Crippen molar-refractivity contribution < 1.29 is 8.78 Å². The fourth-order valence-electron chi connectivity index (χ4n) is 3.98. The Kier molecular flexibility index (Phi) is 5.09. The van der Waals surface area contributed by atoms with Crippen molar-refractivity contribution in [2.75, 3.05) is 0 Å². The van der Waals surface area contributed by atoms with Crippen molar-refractivity contribution in [3.63, 3.8) is 0 Å². The minimum Gasteiger partial charge on any atom is -0.204 e. The number of hydrogen-bond acceptors (Lipinski definition) is 0. The van der Waals surface area contributed by atoms with Gasteiger partial charge in [0, 0.05) is 5.56 Å². The molecule has 2 aromatic carbocycles. The largest absolute Gasteiger partial charge is 0.204 e. The Morgan fingerprint density at radius 1 is 0.913 bits per heavy atom. The molecule has 1 saturated carbocycles. The molecule has 0 unspecified atom stereocenters.